The molecule has 1 aromatic heterocycles. The molecule has 2 heterocycles. The number of fused-ring (bicyclic) bond motifs is 1. The highest BCUT2D eigenvalue weighted by Crippen LogP contribution is 2.20. The van der Waals surface area contributed by atoms with Crippen LogP contribution in [0.2, 0.25) is 0 Å². The summed E-state index contributed by atoms with van der Waals surface area (Å²) in [7, 11) is 2.06. The van der Waals surface area contributed by atoms with Crippen LogP contribution in [-0.2, 0) is 13.0 Å². The number of hydrogen-bond donors (Lipinski definition) is 0. The molecule has 1 aliphatic rings. The van der Waals surface area contributed by atoms with E-state index in [9.17, 15) is 13.6 Å². The van der Waals surface area contributed by atoms with Gasteiger partial charge in [-0.2, -0.15) is 5.10 Å². The number of aromatic nitrogens is 2. The Labute approximate surface area is 156 Å². The second-order valence-electron chi connectivity index (χ2n) is 7.18. The Morgan fingerprint density at radius 2 is 1.89 bits per heavy atom. The van der Waals surface area contributed by atoms with E-state index < -0.39 is 11.6 Å². The lowest BCUT2D eigenvalue weighted by Gasteiger charge is -2.20. The fourth-order valence-electron chi connectivity index (χ4n) is 3.81. The molecule has 1 atom stereocenters. The van der Waals surface area contributed by atoms with Crippen molar-refractivity contribution in [2.45, 2.75) is 31.8 Å². The molecule has 3 aromatic rings. The van der Waals surface area contributed by atoms with Crippen molar-refractivity contribution < 1.29 is 8.78 Å². The van der Waals surface area contributed by atoms with Gasteiger partial charge < -0.3 is 4.90 Å². The average molecular weight is 369 g/mol. The van der Waals surface area contributed by atoms with Crippen LogP contribution in [0.5, 0.6) is 0 Å². The third-order valence-corrected chi connectivity index (χ3v) is 5.36. The molecule has 6 heteroatoms. The Morgan fingerprint density at radius 1 is 1.11 bits per heavy atom. The van der Waals surface area contributed by atoms with Crippen molar-refractivity contribution in [1.29, 1.82) is 0 Å². The summed E-state index contributed by atoms with van der Waals surface area (Å²) in [5, 5.41) is 5.96. The summed E-state index contributed by atoms with van der Waals surface area (Å²) in [5.41, 5.74) is 1.20. The van der Waals surface area contributed by atoms with Crippen LogP contribution in [0.25, 0.3) is 10.8 Å². The van der Waals surface area contributed by atoms with Gasteiger partial charge in [0.15, 0.2) is 11.6 Å². The van der Waals surface area contributed by atoms with Crippen LogP contribution in [0.3, 0.4) is 0 Å². The van der Waals surface area contributed by atoms with Crippen LogP contribution in [0.4, 0.5) is 8.78 Å². The average Bonchev–Trinajstić information content (AvgIpc) is 3.07. The van der Waals surface area contributed by atoms with Crippen LogP contribution in [0, 0.1) is 11.6 Å². The molecule has 1 saturated heterocycles. The minimum atomic E-state index is -0.877. The summed E-state index contributed by atoms with van der Waals surface area (Å²) < 4.78 is 28.4. The lowest BCUT2D eigenvalue weighted by atomic mass is 10.0. The first-order chi connectivity index (χ1) is 13.0. The second kappa shape index (κ2) is 7.19. The number of halogens is 2. The zero-order valence-corrected chi connectivity index (χ0v) is 15.2. The van der Waals surface area contributed by atoms with Gasteiger partial charge in [-0.1, -0.05) is 24.3 Å². The molecule has 0 spiro atoms. The number of hydrogen-bond acceptors (Lipinski definition) is 3. The third-order valence-electron chi connectivity index (χ3n) is 5.36. The van der Waals surface area contributed by atoms with Gasteiger partial charge >= 0.3 is 0 Å². The Hall–Kier alpha value is -2.60. The Bertz CT molecular complexity index is 1050. The standard InChI is InChI=1S/C21H21F2N3O/c1-25-10-4-5-15(25)13-26-21(27)17-7-3-2-6-16(17)20(24-26)12-14-8-9-18(22)19(23)11-14/h2-3,6-9,11,15H,4-5,10,12-13H2,1H3/t15-/m1/s1. The molecule has 27 heavy (non-hydrogen) atoms. The van der Waals surface area contributed by atoms with Gasteiger partial charge in [0.05, 0.1) is 17.6 Å². The minimum Gasteiger partial charge on any atom is -0.302 e. The van der Waals surface area contributed by atoms with Gasteiger partial charge in [0.25, 0.3) is 5.56 Å². The van der Waals surface area contributed by atoms with Crippen molar-refractivity contribution in [3.05, 3.63) is 75.7 Å². The number of benzene rings is 2. The zero-order chi connectivity index (χ0) is 19.0. The molecule has 0 radical (unpaired) electrons. The molecule has 0 N–H and O–H groups in total. The zero-order valence-electron chi connectivity index (χ0n) is 15.2. The molecule has 1 aliphatic heterocycles. The fraction of sp³-hybridized carbons (Fsp3) is 0.333. The van der Waals surface area contributed by atoms with Crippen molar-refractivity contribution in [3.8, 4) is 0 Å². The summed E-state index contributed by atoms with van der Waals surface area (Å²) in [4.78, 5) is 15.1. The van der Waals surface area contributed by atoms with Crippen LogP contribution >= 0.6 is 0 Å². The summed E-state index contributed by atoms with van der Waals surface area (Å²) in [6.07, 6.45) is 2.49. The molecule has 0 aliphatic carbocycles. The monoisotopic (exact) mass is 369 g/mol. The van der Waals surface area contributed by atoms with E-state index in [1.54, 1.807) is 12.1 Å². The Balaban J connectivity index is 1.77. The summed E-state index contributed by atoms with van der Waals surface area (Å²) in [6.45, 7) is 1.56. The Morgan fingerprint density at radius 3 is 2.59 bits per heavy atom. The smallest absolute Gasteiger partial charge is 0.274 e. The summed E-state index contributed by atoms with van der Waals surface area (Å²) in [6, 6.07) is 11.5. The molecule has 0 amide bonds. The van der Waals surface area contributed by atoms with Gasteiger partial charge in [0.1, 0.15) is 0 Å². The van der Waals surface area contributed by atoms with Crippen LogP contribution in [-0.4, -0.2) is 34.3 Å². The maximum absolute atomic E-state index is 13.6. The lowest BCUT2D eigenvalue weighted by molar-refractivity contribution is 0.270. The maximum atomic E-state index is 13.6. The van der Waals surface area contributed by atoms with Crippen molar-refractivity contribution >= 4 is 10.8 Å². The summed E-state index contributed by atoms with van der Waals surface area (Å²) >= 11 is 0. The van der Waals surface area contributed by atoms with E-state index in [0.717, 1.165) is 30.8 Å². The van der Waals surface area contributed by atoms with Gasteiger partial charge in [-0.05, 0) is 50.2 Å². The van der Waals surface area contributed by atoms with Crippen LogP contribution < -0.4 is 5.56 Å². The molecule has 0 unspecified atom stereocenters. The number of rotatable bonds is 4. The van der Waals surface area contributed by atoms with E-state index in [4.69, 9.17) is 0 Å². The predicted octanol–water partition coefficient (Wildman–Crippen LogP) is 3.36. The molecule has 140 valence electrons. The SMILES string of the molecule is CN1CCC[C@@H]1Cn1nc(Cc2ccc(F)c(F)c2)c2ccccc2c1=O. The van der Waals surface area contributed by atoms with Crippen molar-refractivity contribution in [2.75, 3.05) is 13.6 Å². The molecule has 2 aromatic carbocycles. The second-order valence-corrected chi connectivity index (χ2v) is 7.18. The molecule has 0 saturated carbocycles. The highest BCUT2D eigenvalue weighted by atomic mass is 19.2. The third kappa shape index (κ3) is 3.49. The van der Waals surface area contributed by atoms with E-state index >= 15 is 0 Å². The van der Waals surface area contributed by atoms with Gasteiger partial charge in [-0.25, -0.2) is 13.5 Å². The van der Waals surface area contributed by atoms with Crippen LogP contribution in [0.1, 0.15) is 24.1 Å². The fourth-order valence-corrected chi connectivity index (χ4v) is 3.81. The molecule has 4 nitrogen and oxygen atoms in total. The summed E-state index contributed by atoms with van der Waals surface area (Å²) in [5.74, 6) is -1.75. The first-order valence-corrected chi connectivity index (χ1v) is 9.16. The first-order valence-electron chi connectivity index (χ1n) is 9.16. The molecule has 1 fully saturated rings. The normalized spacial score (nSPS) is 17.7. The van der Waals surface area contributed by atoms with Crippen molar-refractivity contribution in [3.63, 3.8) is 0 Å². The Kier molecular flexibility index (Phi) is 4.74. The predicted molar refractivity (Wildman–Crippen MR) is 101 cm³/mol. The minimum absolute atomic E-state index is 0.111. The number of nitrogens with zero attached hydrogens (tertiary/aromatic N) is 3. The largest absolute Gasteiger partial charge is 0.302 e. The highest BCUT2D eigenvalue weighted by molar-refractivity contribution is 5.83. The number of likely N-dealkylation sites (tertiary alicyclic amines) is 1. The maximum Gasteiger partial charge on any atom is 0.274 e. The van der Waals surface area contributed by atoms with Gasteiger partial charge in [0, 0.05) is 17.8 Å². The molecular weight excluding hydrogens is 348 g/mol. The molecular formula is C21H21F2N3O. The van der Waals surface area contributed by atoms with Gasteiger partial charge in [-0.3, -0.25) is 4.79 Å². The molecule has 0 bridgehead atoms. The first kappa shape index (κ1) is 17.8. The van der Waals surface area contributed by atoms with E-state index in [0.29, 0.717) is 29.6 Å². The highest BCUT2D eigenvalue weighted by Gasteiger charge is 2.23. The van der Waals surface area contributed by atoms with Crippen LogP contribution in [0.15, 0.2) is 47.3 Å². The van der Waals surface area contributed by atoms with Gasteiger partial charge in [-0.15, -0.1) is 0 Å². The topological polar surface area (TPSA) is 38.1 Å². The lowest BCUT2D eigenvalue weighted by Crippen LogP contribution is -2.35. The molecule has 4 rings (SSSR count). The van der Waals surface area contributed by atoms with E-state index in [1.165, 1.54) is 10.7 Å². The van der Waals surface area contributed by atoms with Crippen molar-refractivity contribution in [1.82, 2.24) is 14.7 Å². The van der Waals surface area contributed by atoms with E-state index in [1.807, 2.05) is 18.2 Å². The van der Waals surface area contributed by atoms with E-state index in [-0.39, 0.29) is 11.6 Å². The van der Waals surface area contributed by atoms with Crippen molar-refractivity contribution in [2.24, 2.45) is 0 Å². The number of likely N-dealkylation sites (N-methyl/N-ethyl adjacent to an activating group) is 1. The quantitative estimate of drug-likeness (QED) is 0.708. The van der Waals surface area contributed by atoms with E-state index in [2.05, 4.69) is 17.0 Å². The van der Waals surface area contributed by atoms with Gasteiger partial charge in [0.2, 0.25) is 0 Å².